The first-order chi connectivity index (χ1) is 37.8. The quantitative estimate of drug-likeness (QED) is 0.160. The van der Waals surface area contributed by atoms with Crippen LogP contribution in [-0.2, 0) is 0 Å². The molecule has 16 aromatic rings. The Hall–Kier alpha value is -10.4. The van der Waals surface area contributed by atoms with E-state index in [-0.39, 0.29) is 0 Å². The predicted octanol–water partition coefficient (Wildman–Crippen LogP) is 17.3. The number of hydrogen-bond donors (Lipinski definition) is 0. The third-order valence-corrected chi connectivity index (χ3v) is 15.4. The smallest absolute Gasteiger partial charge is 0.166 e. The lowest BCUT2D eigenvalue weighted by atomic mass is 10.0. The predicted molar refractivity (Wildman–Crippen MR) is 313 cm³/mol. The largest absolute Gasteiger partial charge is 0.309 e. The van der Waals surface area contributed by atoms with Crippen LogP contribution in [0, 0.1) is 0 Å². The summed E-state index contributed by atoms with van der Waals surface area (Å²) in [5, 5.41) is 9.14. The summed E-state index contributed by atoms with van der Waals surface area (Å²) < 4.78 is 9.81. The van der Waals surface area contributed by atoms with Gasteiger partial charge >= 0.3 is 0 Å². The third kappa shape index (κ3) is 6.14. The van der Waals surface area contributed by atoms with E-state index in [4.69, 9.17) is 15.0 Å². The molecule has 76 heavy (non-hydrogen) atoms. The Bertz CT molecular complexity index is 4900. The van der Waals surface area contributed by atoms with Gasteiger partial charge in [0.05, 0.1) is 55.4 Å². The summed E-state index contributed by atoms with van der Waals surface area (Å²) in [5.41, 5.74) is 15.7. The van der Waals surface area contributed by atoms with Gasteiger partial charge in [0.25, 0.3) is 0 Å². The first-order valence-corrected chi connectivity index (χ1v) is 25.8. The van der Waals surface area contributed by atoms with Crippen molar-refractivity contribution in [3.63, 3.8) is 0 Å². The van der Waals surface area contributed by atoms with Crippen LogP contribution in [-0.4, -0.2) is 33.2 Å². The van der Waals surface area contributed by atoms with E-state index in [1.165, 1.54) is 16.2 Å². The molecule has 5 heterocycles. The lowest BCUT2D eigenvalue weighted by Crippen LogP contribution is -2.05. The van der Waals surface area contributed by atoms with Crippen molar-refractivity contribution in [2.75, 3.05) is 0 Å². The van der Waals surface area contributed by atoms with Crippen LogP contribution in [0.2, 0.25) is 0 Å². The van der Waals surface area contributed by atoms with E-state index in [1.54, 1.807) is 0 Å². The fourth-order valence-corrected chi connectivity index (χ4v) is 12.3. The van der Waals surface area contributed by atoms with Gasteiger partial charge in [-0.2, -0.15) is 0 Å². The number of benzene rings is 11. The van der Waals surface area contributed by atoms with Crippen LogP contribution in [0.4, 0.5) is 0 Å². The molecule has 0 spiro atoms. The highest BCUT2D eigenvalue weighted by Crippen LogP contribution is 2.49. The lowest BCUT2D eigenvalue weighted by Gasteiger charge is -2.17. The van der Waals surface area contributed by atoms with Gasteiger partial charge in [0.15, 0.2) is 17.5 Å². The Morgan fingerprint density at radius 1 is 0.224 bits per heavy atom. The highest BCUT2D eigenvalue weighted by Gasteiger charge is 2.29. The summed E-state index contributed by atoms with van der Waals surface area (Å²) in [6, 6.07) is 93.3. The van der Waals surface area contributed by atoms with Crippen molar-refractivity contribution >= 4 is 87.2 Å². The Morgan fingerprint density at radius 3 is 1.13 bits per heavy atom. The molecule has 354 valence electrons. The summed E-state index contributed by atoms with van der Waals surface area (Å²) >= 11 is 0. The molecular formula is C69H43N7. The molecule has 7 nitrogen and oxygen atoms in total. The van der Waals surface area contributed by atoms with Crippen molar-refractivity contribution in [1.29, 1.82) is 0 Å². The van der Waals surface area contributed by atoms with Crippen molar-refractivity contribution in [2.24, 2.45) is 0 Å². The van der Waals surface area contributed by atoms with Gasteiger partial charge in [0.1, 0.15) is 0 Å². The molecule has 0 fully saturated rings. The Balaban J connectivity index is 1.17. The van der Waals surface area contributed by atoms with Gasteiger partial charge < -0.3 is 18.3 Å². The van der Waals surface area contributed by atoms with Gasteiger partial charge in [-0.05, 0) is 78.9 Å². The minimum absolute atomic E-state index is 0.574. The first-order valence-electron chi connectivity index (χ1n) is 25.8. The monoisotopic (exact) mass is 969 g/mol. The van der Waals surface area contributed by atoms with Crippen LogP contribution in [0.1, 0.15) is 0 Å². The zero-order chi connectivity index (χ0) is 49.8. The van der Waals surface area contributed by atoms with E-state index >= 15 is 0 Å². The van der Waals surface area contributed by atoms with Crippen LogP contribution in [0.5, 0.6) is 0 Å². The summed E-state index contributed by atoms with van der Waals surface area (Å²) in [5.74, 6) is 1.77. The normalized spacial score (nSPS) is 11.9. The molecule has 7 heteroatoms. The van der Waals surface area contributed by atoms with Crippen molar-refractivity contribution in [3.8, 4) is 56.9 Å². The van der Waals surface area contributed by atoms with Crippen LogP contribution >= 0.6 is 0 Å². The number of aromatic nitrogens is 7. The van der Waals surface area contributed by atoms with Gasteiger partial charge in [0, 0.05) is 71.3 Å². The Morgan fingerprint density at radius 2 is 0.592 bits per heavy atom. The van der Waals surface area contributed by atoms with E-state index in [2.05, 4.69) is 267 Å². The van der Waals surface area contributed by atoms with Crippen LogP contribution in [0.3, 0.4) is 0 Å². The molecule has 0 saturated carbocycles. The third-order valence-electron chi connectivity index (χ3n) is 15.4. The van der Waals surface area contributed by atoms with E-state index in [0.717, 1.165) is 111 Å². The molecule has 0 saturated heterocycles. The van der Waals surface area contributed by atoms with Crippen LogP contribution in [0.25, 0.3) is 144 Å². The zero-order valence-corrected chi connectivity index (χ0v) is 41.0. The Labute approximate surface area is 436 Å². The summed E-state index contributed by atoms with van der Waals surface area (Å²) in [7, 11) is 0. The second-order valence-electron chi connectivity index (χ2n) is 19.5. The molecule has 16 rings (SSSR count). The second kappa shape index (κ2) is 16.6. The van der Waals surface area contributed by atoms with Crippen molar-refractivity contribution in [2.45, 2.75) is 0 Å². The number of para-hydroxylation sites is 6. The van der Waals surface area contributed by atoms with Crippen LogP contribution < -0.4 is 0 Å². The van der Waals surface area contributed by atoms with Gasteiger partial charge in [-0.15, -0.1) is 0 Å². The van der Waals surface area contributed by atoms with Gasteiger partial charge in [0.2, 0.25) is 0 Å². The SMILES string of the molecule is c1ccc(-c2nc(-c3ccccc3)nc(-c3c(-n4c5ccccc5c5ccc6c(c7ccccc7n6-c6ccccc6)c54)ccc4c3c3c(ccc5c6ccccc6n(-c6ccccc6)c53)n4-c3ccccc3)n2)cc1. The fraction of sp³-hybridized carbons (Fsp3) is 0. The molecule has 0 aliphatic heterocycles. The molecule has 0 bridgehead atoms. The van der Waals surface area contributed by atoms with Gasteiger partial charge in [-0.1, -0.05) is 182 Å². The maximum Gasteiger partial charge on any atom is 0.166 e. The summed E-state index contributed by atoms with van der Waals surface area (Å²) in [4.78, 5) is 16.6. The van der Waals surface area contributed by atoms with Crippen molar-refractivity contribution in [1.82, 2.24) is 33.2 Å². The average Bonchev–Trinajstić information content (AvgIpc) is 4.43. The second-order valence-corrected chi connectivity index (χ2v) is 19.5. The minimum Gasteiger partial charge on any atom is -0.309 e. The summed E-state index contributed by atoms with van der Waals surface area (Å²) in [6.07, 6.45) is 0. The van der Waals surface area contributed by atoms with E-state index in [1.807, 2.05) is 12.1 Å². The molecule has 0 unspecified atom stereocenters. The molecule has 0 aliphatic carbocycles. The van der Waals surface area contributed by atoms with Gasteiger partial charge in [-0.25, -0.2) is 15.0 Å². The fourth-order valence-electron chi connectivity index (χ4n) is 12.3. The molecule has 0 N–H and O–H groups in total. The first kappa shape index (κ1) is 42.2. The maximum absolute atomic E-state index is 5.67. The molecule has 0 atom stereocenters. The molecule has 0 aliphatic rings. The zero-order valence-electron chi connectivity index (χ0n) is 41.0. The standard InChI is InChI=1S/C69H43N7/c1-6-22-44(23-7-1)67-70-68(45-24-8-2-9-25-45)72-69(71-67)64-60(76-55-36-20-17-33-50(55)51-38-40-57-61(65(51)76)53-34-18-21-37-56(53)73(57)46-26-10-3-11-27-46)43-42-58-62(64)63-59(74(58)47-28-12-4-13-29-47)41-39-52-49-32-16-19-35-54(49)75(66(52)63)48-30-14-5-15-31-48/h1-43H. The van der Waals surface area contributed by atoms with Crippen molar-refractivity contribution in [3.05, 3.63) is 261 Å². The highest BCUT2D eigenvalue weighted by atomic mass is 15.1. The lowest BCUT2D eigenvalue weighted by molar-refractivity contribution is 1.07. The van der Waals surface area contributed by atoms with Crippen LogP contribution in [0.15, 0.2) is 261 Å². The van der Waals surface area contributed by atoms with E-state index < -0.39 is 0 Å². The number of nitrogens with zero attached hydrogens (tertiary/aromatic N) is 7. The molecule has 0 radical (unpaired) electrons. The minimum atomic E-state index is 0.574. The number of rotatable bonds is 7. The molecular weight excluding hydrogens is 927 g/mol. The Kier molecular flexibility index (Phi) is 9.20. The molecule has 0 amide bonds. The van der Waals surface area contributed by atoms with E-state index in [0.29, 0.717) is 17.5 Å². The molecule has 5 aromatic heterocycles. The van der Waals surface area contributed by atoms with Gasteiger partial charge in [-0.3, -0.25) is 0 Å². The molecule has 11 aromatic carbocycles. The maximum atomic E-state index is 5.67. The number of fused-ring (bicyclic) bond motifs is 14. The van der Waals surface area contributed by atoms with Crippen molar-refractivity contribution < 1.29 is 0 Å². The average molecular weight is 970 g/mol. The highest BCUT2D eigenvalue weighted by molar-refractivity contribution is 6.31. The topological polar surface area (TPSA) is 58.4 Å². The summed E-state index contributed by atoms with van der Waals surface area (Å²) in [6.45, 7) is 0. The number of hydrogen-bond acceptors (Lipinski definition) is 3. The van der Waals surface area contributed by atoms with E-state index in [9.17, 15) is 0 Å².